The van der Waals surface area contributed by atoms with Crippen LogP contribution in [0.4, 0.5) is 0 Å². The minimum Gasteiger partial charge on any atom is -0.380 e. The van der Waals surface area contributed by atoms with Crippen LogP contribution in [0.5, 0.6) is 0 Å². The lowest BCUT2D eigenvalue weighted by molar-refractivity contribution is -0.121. The molecule has 2 bridgehead atoms. The third-order valence-electron chi connectivity index (χ3n) is 5.55. The fourth-order valence-corrected chi connectivity index (χ4v) is 4.56. The summed E-state index contributed by atoms with van der Waals surface area (Å²) in [7, 11) is 0. The van der Waals surface area contributed by atoms with Gasteiger partial charge in [0.05, 0.1) is 18.2 Å². The highest BCUT2D eigenvalue weighted by molar-refractivity contribution is 5.73. The summed E-state index contributed by atoms with van der Waals surface area (Å²) in [5.41, 5.74) is 0.450. The predicted octanol–water partition coefficient (Wildman–Crippen LogP) is 2.60. The molecule has 0 saturated carbocycles. The summed E-state index contributed by atoms with van der Waals surface area (Å²) in [5, 5.41) is 15.1. The molecule has 2 N–H and O–H groups in total. The van der Waals surface area contributed by atoms with E-state index in [1.165, 1.54) is 6.92 Å². The van der Waals surface area contributed by atoms with Gasteiger partial charge in [0, 0.05) is 12.8 Å². The number of carbonyl (C=O) groups excluding carboxylic acids is 1. The molecule has 130 valence electrons. The van der Waals surface area contributed by atoms with E-state index in [2.05, 4.69) is 5.32 Å². The van der Waals surface area contributed by atoms with Gasteiger partial charge in [0.15, 0.2) is 0 Å². The number of nitrogens with one attached hydrogen (secondary N) is 1. The van der Waals surface area contributed by atoms with Gasteiger partial charge in [-0.15, -0.1) is 0 Å². The molecule has 2 saturated heterocycles. The molecule has 25 heavy (non-hydrogen) atoms. The first-order valence-electron chi connectivity index (χ1n) is 8.86. The maximum atomic E-state index is 12.0. The van der Waals surface area contributed by atoms with E-state index in [1.54, 1.807) is 0 Å². The van der Waals surface area contributed by atoms with Gasteiger partial charge < -0.3 is 15.2 Å². The first kappa shape index (κ1) is 16.3. The molecule has 0 spiro atoms. The third kappa shape index (κ3) is 2.66. The van der Waals surface area contributed by atoms with E-state index in [4.69, 9.17) is 4.74 Å². The molecule has 2 aromatic rings. The monoisotopic (exact) mass is 337 g/mol. The van der Waals surface area contributed by atoms with Crippen LogP contribution in [-0.2, 0) is 15.1 Å². The quantitative estimate of drug-likeness (QED) is 0.902. The molecule has 2 aliphatic rings. The fourth-order valence-electron chi connectivity index (χ4n) is 4.56. The second kappa shape index (κ2) is 6.28. The van der Waals surface area contributed by atoms with Crippen LogP contribution in [0.1, 0.15) is 30.9 Å². The maximum Gasteiger partial charge on any atom is 0.217 e. The first-order valence-corrected chi connectivity index (χ1v) is 8.86. The van der Waals surface area contributed by atoms with Crippen molar-refractivity contribution < 1.29 is 14.6 Å². The topological polar surface area (TPSA) is 58.6 Å². The smallest absolute Gasteiger partial charge is 0.217 e. The lowest BCUT2D eigenvalue weighted by atomic mass is 9.67. The standard InChI is InChI=1S/C21H23NO3/c1-14(23)22-20-18-13-12-17(25-18)19(20)21(24,15-8-4-2-5-9-15)16-10-6-3-7-11-16/h2-11,17-20,24H,12-13H2,1H3,(H,22,23)/t17-,18+,19-,20+/m0/s1. The van der Waals surface area contributed by atoms with E-state index in [0.29, 0.717) is 0 Å². The van der Waals surface area contributed by atoms with Crippen molar-refractivity contribution >= 4 is 5.91 Å². The summed E-state index contributed by atoms with van der Waals surface area (Å²) in [6.45, 7) is 1.52. The van der Waals surface area contributed by atoms with Crippen LogP contribution in [0.2, 0.25) is 0 Å². The van der Waals surface area contributed by atoms with Crippen LogP contribution < -0.4 is 5.32 Å². The van der Waals surface area contributed by atoms with E-state index >= 15 is 0 Å². The van der Waals surface area contributed by atoms with Gasteiger partial charge in [-0.1, -0.05) is 60.7 Å². The van der Waals surface area contributed by atoms with Crippen LogP contribution in [0.15, 0.2) is 60.7 Å². The number of ether oxygens (including phenoxy) is 1. The molecule has 2 aromatic carbocycles. The highest BCUT2D eigenvalue weighted by atomic mass is 16.5. The Kier molecular flexibility index (Phi) is 4.10. The summed E-state index contributed by atoms with van der Waals surface area (Å²) in [6.07, 6.45) is 1.74. The second-order valence-corrected chi connectivity index (χ2v) is 7.04. The molecule has 4 nitrogen and oxygen atoms in total. The van der Waals surface area contributed by atoms with E-state index < -0.39 is 5.60 Å². The molecule has 0 unspecified atom stereocenters. The predicted molar refractivity (Wildman–Crippen MR) is 94.9 cm³/mol. The second-order valence-electron chi connectivity index (χ2n) is 7.04. The van der Waals surface area contributed by atoms with Crippen LogP contribution in [0.25, 0.3) is 0 Å². The minimum atomic E-state index is -1.21. The Morgan fingerprint density at radius 2 is 1.52 bits per heavy atom. The average molecular weight is 337 g/mol. The van der Waals surface area contributed by atoms with Crippen LogP contribution in [0, 0.1) is 5.92 Å². The van der Waals surface area contributed by atoms with Crippen LogP contribution >= 0.6 is 0 Å². The Labute approximate surface area is 147 Å². The molecule has 0 aromatic heterocycles. The Bertz CT molecular complexity index is 707. The molecular formula is C21H23NO3. The zero-order valence-corrected chi connectivity index (χ0v) is 14.3. The molecular weight excluding hydrogens is 314 g/mol. The fraction of sp³-hybridized carbons (Fsp3) is 0.381. The SMILES string of the molecule is CC(=O)N[C@H]1[C@@H](C(O)(c2ccccc2)c2ccccc2)[C@@H]2CC[C@H]1O2. The van der Waals surface area contributed by atoms with Gasteiger partial charge in [0.2, 0.25) is 5.91 Å². The van der Waals surface area contributed by atoms with Gasteiger partial charge >= 0.3 is 0 Å². The normalized spacial score (nSPS) is 28.1. The van der Waals surface area contributed by atoms with Crippen molar-refractivity contribution in [3.05, 3.63) is 71.8 Å². The number of aliphatic hydroxyl groups is 1. The van der Waals surface area contributed by atoms with E-state index in [1.807, 2.05) is 60.7 Å². The van der Waals surface area contributed by atoms with Crippen molar-refractivity contribution in [3.8, 4) is 0 Å². The highest BCUT2D eigenvalue weighted by Gasteiger charge is 2.58. The van der Waals surface area contributed by atoms with Gasteiger partial charge in [-0.25, -0.2) is 0 Å². The Morgan fingerprint density at radius 3 is 2.04 bits per heavy atom. The number of hydrogen-bond donors (Lipinski definition) is 2. The van der Waals surface area contributed by atoms with E-state index in [-0.39, 0.29) is 30.1 Å². The van der Waals surface area contributed by atoms with Gasteiger partial charge in [-0.3, -0.25) is 4.79 Å². The minimum absolute atomic E-state index is 0.0298. The summed E-state index contributed by atoms with van der Waals surface area (Å²) >= 11 is 0. The molecule has 2 aliphatic heterocycles. The molecule has 4 rings (SSSR count). The summed E-state index contributed by atoms with van der Waals surface area (Å²) in [5.74, 6) is -0.311. The van der Waals surface area contributed by atoms with E-state index in [9.17, 15) is 9.90 Å². The van der Waals surface area contributed by atoms with Crippen LogP contribution in [-0.4, -0.2) is 29.3 Å². The van der Waals surface area contributed by atoms with Crippen molar-refractivity contribution in [2.75, 3.05) is 0 Å². The summed E-state index contributed by atoms with van der Waals surface area (Å²) in [4.78, 5) is 11.8. The first-order chi connectivity index (χ1) is 12.1. The number of rotatable bonds is 4. The van der Waals surface area contributed by atoms with Crippen molar-refractivity contribution in [1.29, 1.82) is 0 Å². The number of amides is 1. The Morgan fingerprint density at radius 1 is 1.00 bits per heavy atom. The average Bonchev–Trinajstić information content (AvgIpc) is 3.24. The number of fused-ring (bicyclic) bond motifs is 2. The van der Waals surface area contributed by atoms with Crippen molar-refractivity contribution in [2.24, 2.45) is 5.92 Å². The van der Waals surface area contributed by atoms with Crippen molar-refractivity contribution in [1.82, 2.24) is 5.32 Å². The molecule has 2 heterocycles. The molecule has 4 heteroatoms. The largest absolute Gasteiger partial charge is 0.380 e. The van der Waals surface area contributed by atoms with Crippen molar-refractivity contribution in [3.63, 3.8) is 0 Å². The Hall–Kier alpha value is -2.17. The molecule has 1 amide bonds. The molecule has 2 fully saturated rings. The lowest BCUT2D eigenvalue weighted by Gasteiger charge is -2.42. The van der Waals surface area contributed by atoms with Crippen molar-refractivity contribution in [2.45, 2.75) is 43.6 Å². The lowest BCUT2D eigenvalue weighted by Crippen LogP contribution is -2.54. The molecule has 4 atom stereocenters. The zero-order chi connectivity index (χ0) is 17.4. The maximum absolute atomic E-state index is 12.0. The van der Waals surface area contributed by atoms with Crippen LogP contribution in [0.3, 0.4) is 0 Å². The summed E-state index contributed by atoms with van der Waals surface area (Å²) < 4.78 is 6.11. The molecule has 0 aliphatic carbocycles. The number of benzene rings is 2. The number of hydrogen-bond acceptors (Lipinski definition) is 3. The zero-order valence-electron chi connectivity index (χ0n) is 14.3. The summed E-state index contributed by atoms with van der Waals surface area (Å²) in [6, 6.07) is 19.2. The van der Waals surface area contributed by atoms with Gasteiger partial charge in [0.25, 0.3) is 0 Å². The Balaban J connectivity index is 1.85. The highest BCUT2D eigenvalue weighted by Crippen LogP contribution is 2.50. The molecule has 0 radical (unpaired) electrons. The van der Waals surface area contributed by atoms with Gasteiger partial charge in [-0.2, -0.15) is 0 Å². The van der Waals surface area contributed by atoms with Gasteiger partial charge in [-0.05, 0) is 24.0 Å². The van der Waals surface area contributed by atoms with Gasteiger partial charge in [0.1, 0.15) is 5.60 Å². The number of carbonyl (C=O) groups is 1. The van der Waals surface area contributed by atoms with E-state index in [0.717, 1.165) is 24.0 Å². The third-order valence-corrected chi connectivity index (χ3v) is 5.55.